The van der Waals surface area contributed by atoms with Crippen molar-refractivity contribution in [3.63, 3.8) is 0 Å². The lowest BCUT2D eigenvalue weighted by Gasteiger charge is -2.00. The summed E-state index contributed by atoms with van der Waals surface area (Å²) in [7, 11) is 0. The lowest BCUT2D eigenvalue weighted by molar-refractivity contribution is 0.355. The minimum atomic E-state index is 0.0932. The van der Waals surface area contributed by atoms with E-state index in [4.69, 9.17) is 9.78 Å². The molecular weight excluding hydrogens is 228 g/mol. The fourth-order valence-electron chi connectivity index (χ4n) is 1.61. The fourth-order valence-corrected chi connectivity index (χ4v) is 1.61. The van der Waals surface area contributed by atoms with Gasteiger partial charge < -0.3 is 4.52 Å². The molecule has 0 amide bonds. The van der Waals surface area contributed by atoms with Crippen molar-refractivity contribution in [1.82, 2.24) is 15.1 Å². The van der Waals surface area contributed by atoms with Crippen molar-refractivity contribution in [3.8, 4) is 17.6 Å². The molecule has 0 aliphatic carbocycles. The largest absolute Gasteiger partial charge is 0.339 e. The first-order valence-corrected chi connectivity index (χ1v) is 5.85. The summed E-state index contributed by atoms with van der Waals surface area (Å²) in [4.78, 5) is 8.67. The SMILES string of the molecule is Cc1cccc(-c2noc(C(C)CCC#N)n2)n1. The monoisotopic (exact) mass is 242 g/mol. The molecule has 5 nitrogen and oxygen atoms in total. The molecule has 92 valence electrons. The lowest BCUT2D eigenvalue weighted by Crippen LogP contribution is -1.94. The van der Waals surface area contributed by atoms with Gasteiger partial charge in [0.2, 0.25) is 11.7 Å². The summed E-state index contributed by atoms with van der Waals surface area (Å²) in [5.41, 5.74) is 1.62. The number of nitriles is 1. The molecule has 0 aromatic carbocycles. The van der Waals surface area contributed by atoms with Crippen molar-refractivity contribution in [3.05, 3.63) is 29.8 Å². The average Bonchev–Trinajstić information content (AvgIpc) is 2.85. The van der Waals surface area contributed by atoms with Crippen molar-refractivity contribution in [2.24, 2.45) is 0 Å². The molecule has 0 bridgehead atoms. The van der Waals surface area contributed by atoms with Crippen LogP contribution in [-0.2, 0) is 0 Å². The Bertz CT molecular complexity index is 570. The topological polar surface area (TPSA) is 75.6 Å². The van der Waals surface area contributed by atoms with Crippen molar-refractivity contribution in [2.75, 3.05) is 0 Å². The van der Waals surface area contributed by atoms with Gasteiger partial charge in [-0.2, -0.15) is 10.2 Å². The van der Waals surface area contributed by atoms with Gasteiger partial charge in [0.05, 0.1) is 6.07 Å². The van der Waals surface area contributed by atoms with E-state index in [0.29, 0.717) is 23.8 Å². The molecule has 2 aromatic heterocycles. The van der Waals surface area contributed by atoms with Gasteiger partial charge in [0.15, 0.2) is 0 Å². The molecule has 2 aromatic rings. The number of hydrogen-bond donors (Lipinski definition) is 0. The van der Waals surface area contributed by atoms with Gasteiger partial charge in [0.1, 0.15) is 5.69 Å². The molecule has 1 atom stereocenters. The Morgan fingerprint density at radius 1 is 1.39 bits per heavy atom. The molecule has 0 spiro atoms. The Hall–Kier alpha value is -2.22. The summed E-state index contributed by atoms with van der Waals surface area (Å²) < 4.78 is 5.21. The smallest absolute Gasteiger partial charge is 0.229 e. The Labute approximate surface area is 105 Å². The van der Waals surface area contributed by atoms with Crippen LogP contribution in [0.1, 0.15) is 37.3 Å². The Morgan fingerprint density at radius 3 is 2.94 bits per heavy atom. The van der Waals surface area contributed by atoms with Gasteiger partial charge in [-0.1, -0.05) is 18.1 Å². The van der Waals surface area contributed by atoms with Crippen molar-refractivity contribution in [1.29, 1.82) is 5.26 Å². The molecule has 18 heavy (non-hydrogen) atoms. The molecule has 0 fully saturated rings. The molecule has 0 radical (unpaired) electrons. The summed E-state index contributed by atoms with van der Waals surface area (Å²) in [5, 5.41) is 12.5. The van der Waals surface area contributed by atoms with Crippen LogP contribution in [0, 0.1) is 18.3 Å². The van der Waals surface area contributed by atoms with Crippen molar-refractivity contribution >= 4 is 0 Å². The first-order valence-electron chi connectivity index (χ1n) is 5.85. The maximum absolute atomic E-state index is 8.55. The second-order valence-electron chi connectivity index (χ2n) is 4.22. The van der Waals surface area contributed by atoms with Gasteiger partial charge in [-0.05, 0) is 25.5 Å². The van der Waals surface area contributed by atoms with E-state index in [1.807, 2.05) is 32.0 Å². The summed E-state index contributed by atoms with van der Waals surface area (Å²) >= 11 is 0. The number of pyridine rings is 1. The van der Waals surface area contributed by atoms with Crippen molar-refractivity contribution < 1.29 is 4.52 Å². The van der Waals surface area contributed by atoms with E-state index in [-0.39, 0.29) is 5.92 Å². The number of hydrogen-bond acceptors (Lipinski definition) is 5. The van der Waals surface area contributed by atoms with E-state index < -0.39 is 0 Å². The van der Waals surface area contributed by atoms with Crippen LogP contribution in [0.4, 0.5) is 0 Å². The van der Waals surface area contributed by atoms with Gasteiger partial charge in [-0.25, -0.2) is 4.98 Å². The molecule has 0 saturated carbocycles. The van der Waals surface area contributed by atoms with Crippen LogP contribution in [0.15, 0.2) is 22.7 Å². The maximum atomic E-state index is 8.55. The van der Waals surface area contributed by atoms with E-state index in [1.54, 1.807) is 0 Å². The highest BCUT2D eigenvalue weighted by Gasteiger charge is 2.15. The van der Waals surface area contributed by atoms with Crippen LogP contribution in [-0.4, -0.2) is 15.1 Å². The Morgan fingerprint density at radius 2 is 2.22 bits per heavy atom. The highest BCUT2D eigenvalue weighted by Crippen LogP contribution is 2.21. The van der Waals surface area contributed by atoms with Crippen LogP contribution in [0.25, 0.3) is 11.5 Å². The van der Waals surface area contributed by atoms with Crippen LogP contribution in [0.3, 0.4) is 0 Å². The maximum Gasteiger partial charge on any atom is 0.229 e. The first kappa shape index (κ1) is 12.2. The van der Waals surface area contributed by atoms with Crippen LogP contribution in [0.5, 0.6) is 0 Å². The predicted molar refractivity (Wildman–Crippen MR) is 65.5 cm³/mol. The van der Waals surface area contributed by atoms with Gasteiger partial charge >= 0.3 is 0 Å². The lowest BCUT2D eigenvalue weighted by atomic mass is 10.1. The first-order chi connectivity index (χ1) is 8.70. The zero-order valence-corrected chi connectivity index (χ0v) is 10.4. The molecule has 2 rings (SSSR count). The van der Waals surface area contributed by atoms with E-state index in [9.17, 15) is 0 Å². The van der Waals surface area contributed by atoms with Crippen LogP contribution >= 0.6 is 0 Å². The molecule has 0 N–H and O–H groups in total. The van der Waals surface area contributed by atoms with E-state index in [0.717, 1.165) is 12.1 Å². The number of aromatic nitrogens is 3. The van der Waals surface area contributed by atoms with Crippen molar-refractivity contribution in [2.45, 2.75) is 32.6 Å². The molecule has 0 aliphatic heterocycles. The number of nitrogens with zero attached hydrogens (tertiary/aromatic N) is 4. The van der Waals surface area contributed by atoms with Gasteiger partial charge in [-0.3, -0.25) is 0 Å². The summed E-state index contributed by atoms with van der Waals surface area (Å²) in [6.07, 6.45) is 1.21. The van der Waals surface area contributed by atoms with Gasteiger partial charge in [0.25, 0.3) is 0 Å². The van der Waals surface area contributed by atoms with E-state index in [1.165, 1.54) is 0 Å². The molecule has 5 heteroatoms. The molecule has 0 aliphatic rings. The number of rotatable bonds is 4. The predicted octanol–water partition coefficient (Wildman–Crippen LogP) is 2.85. The summed E-state index contributed by atoms with van der Waals surface area (Å²) in [6, 6.07) is 7.79. The van der Waals surface area contributed by atoms with Gasteiger partial charge in [-0.15, -0.1) is 0 Å². The third-order valence-corrected chi connectivity index (χ3v) is 2.67. The molecule has 2 heterocycles. The quantitative estimate of drug-likeness (QED) is 0.823. The second kappa shape index (κ2) is 5.41. The molecule has 0 saturated heterocycles. The number of aryl methyl sites for hydroxylation is 1. The van der Waals surface area contributed by atoms with Crippen LogP contribution in [0.2, 0.25) is 0 Å². The Balaban J connectivity index is 2.18. The zero-order valence-electron chi connectivity index (χ0n) is 10.4. The fraction of sp³-hybridized carbons (Fsp3) is 0.385. The van der Waals surface area contributed by atoms with Gasteiger partial charge in [0, 0.05) is 18.0 Å². The zero-order chi connectivity index (χ0) is 13.0. The molecular formula is C13H14N4O. The highest BCUT2D eigenvalue weighted by atomic mass is 16.5. The third kappa shape index (κ3) is 2.72. The Kier molecular flexibility index (Phi) is 3.68. The normalized spacial score (nSPS) is 12.1. The summed E-state index contributed by atoms with van der Waals surface area (Å²) in [6.45, 7) is 3.89. The van der Waals surface area contributed by atoms with E-state index in [2.05, 4.69) is 21.2 Å². The second-order valence-corrected chi connectivity index (χ2v) is 4.22. The minimum absolute atomic E-state index is 0.0932. The highest BCUT2D eigenvalue weighted by molar-refractivity contribution is 5.48. The average molecular weight is 242 g/mol. The van der Waals surface area contributed by atoms with Crippen LogP contribution < -0.4 is 0 Å². The van der Waals surface area contributed by atoms with E-state index >= 15 is 0 Å². The third-order valence-electron chi connectivity index (χ3n) is 2.67. The minimum Gasteiger partial charge on any atom is -0.339 e. The molecule has 1 unspecified atom stereocenters. The summed E-state index contributed by atoms with van der Waals surface area (Å²) in [5.74, 6) is 1.15. The standard InChI is InChI=1S/C13H14N4O/c1-9(5-4-8-14)13-16-12(17-18-13)11-7-3-6-10(2)15-11/h3,6-7,9H,4-5H2,1-2H3.